The van der Waals surface area contributed by atoms with E-state index in [0.29, 0.717) is 5.02 Å². The Labute approximate surface area is 100.0 Å². The molecule has 0 aliphatic heterocycles. The molecule has 4 heteroatoms. The Bertz CT molecular complexity index is 519. The van der Waals surface area contributed by atoms with Gasteiger partial charge in [0.2, 0.25) is 0 Å². The highest BCUT2D eigenvalue weighted by molar-refractivity contribution is 6.32. The van der Waals surface area contributed by atoms with E-state index in [0.717, 1.165) is 23.2 Å². The van der Waals surface area contributed by atoms with Crippen molar-refractivity contribution in [2.24, 2.45) is 7.05 Å². The number of rotatable bonds is 3. The van der Waals surface area contributed by atoms with Gasteiger partial charge in [-0.25, -0.2) is 0 Å². The molecule has 0 radical (unpaired) electrons. The van der Waals surface area contributed by atoms with Crippen molar-refractivity contribution in [2.45, 2.75) is 6.54 Å². The van der Waals surface area contributed by atoms with Crippen LogP contribution in [0.5, 0.6) is 5.75 Å². The molecule has 1 N–H and O–H groups in total. The first-order valence-corrected chi connectivity index (χ1v) is 5.51. The molecule has 16 heavy (non-hydrogen) atoms. The summed E-state index contributed by atoms with van der Waals surface area (Å²) in [6.45, 7) is 0.838. The predicted octanol–water partition coefficient (Wildman–Crippen LogP) is 2.56. The summed E-state index contributed by atoms with van der Waals surface area (Å²) in [6.07, 6.45) is 0. The van der Waals surface area contributed by atoms with Gasteiger partial charge in [-0.15, -0.1) is 0 Å². The van der Waals surface area contributed by atoms with Crippen molar-refractivity contribution in [3.8, 4) is 5.75 Å². The molecule has 0 fully saturated rings. The standard InChI is InChI=1S/C12H15ClN2O/c1-14-7-9-4-8-5-12(16-3)10(13)6-11(8)15(9)2/h4-6,14H,7H2,1-3H3. The van der Waals surface area contributed by atoms with Crippen molar-refractivity contribution in [1.82, 2.24) is 9.88 Å². The molecule has 3 nitrogen and oxygen atoms in total. The maximum Gasteiger partial charge on any atom is 0.138 e. The largest absolute Gasteiger partial charge is 0.495 e. The first-order valence-electron chi connectivity index (χ1n) is 5.13. The molecular formula is C12H15ClN2O. The number of halogens is 1. The fourth-order valence-corrected chi connectivity index (χ4v) is 2.14. The van der Waals surface area contributed by atoms with Crippen LogP contribution >= 0.6 is 11.6 Å². The lowest BCUT2D eigenvalue weighted by atomic mass is 10.2. The van der Waals surface area contributed by atoms with Gasteiger partial charge < -0.3 is 14.6 Å². The van der Waals surface area contributed by atoms with E-state index in [1.165, 1.54) is 5.69 Å². The van der Waals surface area contributed by atoms with Crippen LogP contribution in [-0.2, 0) is 13.6 Å². The number of benzene rings is 1. The predicted molar refractivity (Wildman–Crippen MR) is 67.2 cm³/mol. The molecule has 0 spiro atoms. The van der Waals surface area contributed by atoms with E-state index in [1.807, 2.05) is 26.2 Å². The number of hydrogen-bond acceptors (Lipinski definition) is 2. The minimum atomic E-state index is 0.646. The van der Waals surface area contributed by atoms with Crippen LogP contribution in [0.25, 0.3) is 10.9 Å². The third-order valence-corrected chi connectivity index (χ3v) is 3.07. The maximum absolute atomic E-state index is 6.11. The van der Waals surface area contributed by atoms with Crippen LogP contribution in [0, 0.1) is 0 Å². The highest BCUT2D eigenvalue weighted by Crippen LogP contribution is 2.31. The van der Waals surface area contributed by atoms with E-state index in [2.05, 4.69) is 16.0 Å². The zero-order valence-electron chi connectivity index (χ0n) is 9.67. The Kier molecular flexibility index (Phi) is 3.08. The summed E-state index contributed by atoms with van der Waals surface area (Å²) < 4.78 is 7.34. The summed E-state index contributed by atoms with van der Waals surface area (Å²) >= 11 is 6.11. The minimum Gasteiger partial charge on any atom is -0.495 e. The third-order valence-electron chi connectivity index (χ3n) is 2.77. The lowest BCUT2D eigenvalue weighted by molar-refractivity contribution is 0.415. The normalized spacial score (nSPS) is 11.0. The van der Waals surface area contributed by atoms with Gasteiger partial charge in [0.1, 0.15) is 5.75 Å². The number of aryl methyl sites for hydroxylation is 1. The number of hydrogen-bond donors (Lipinski definition) is 1. The lowest BCUT2D eigenvalue weighted by Gasteiger charge is -2.05. The van der Waals surface area contributed by atoms with Crippen LogP contribution in [0.2, 0.25) is 5.02 Å². The van der Waals surface area contributed by atoms with E-state index in [-0.39, 0.29) is 0 Å². The van der Waals surface area contributed by atoms with Gasteiger partial charge >= 0.3 is 0 Å². The Hall–Kier alpha value is -1.19. The van der Waals surface area contributed by atoms with E-state index < -0.39 is 0 Å². The van der Waals surface area contributed by atoms with Crippen LogP contribution in [0.1, 0.15) is 5.69 Å². The minimum absolute atomic E-state index is 0.646. The Balaban J connectivity index is 2.62. The first kappa shape index (κ1) is 11.3. The first-order chi connectivity index (χ1) is 7.67. The van der Waals surface area contributed by atoms with Crippen molar-refractivity contribution in [3.05, 3.63) is 28.9 Å². The van der Waals surface area contributed by atoms with E-state index in [4.69, 9.17) is 16.3 Å². The molecule has 1 aromatic carbocycles. The summed E-state index contributed by atoms with van der Waals surface area (Å²) in [4.78, 5) is 0. The molecule has 2 rings (SSSR count). The summed E-state index contributed by atoms with van der Waals surface area (Å²) in [5.41, 5.74) is 2.35. The molecule has 1 heterocycles. The smallest absolute Gasteiger partial charge is 0.138 e. The number of nitrogens with one attached hydrogen (secondary N) is 1. The number of aromatic nitrogens is 1. The quantitative estimate of drug-likeness (QED) is 0.890. The van der Waals surface area contributed by atoms with Crippen LogP contribution in [0.3, 0.4) is 0 Å². The summed E-state index contributed by atoms with van der Waals surface area (Å²) in [5.74, 6) is 0.718. The Morgan fingerprint density at radius 1 is 1.38 bits per heavy atom. The van der Waals surface area contributed by atoms with Crippen molar-refractivity contribution in [1.29, 1.82) is 0 Å². The molecule has 0 atom stereocenters. The summed E-state index contributed by atoms with van der Waals surface area (Å²) in [6, 6.07) is 6.05. The molecule has 0 saturated carbocycles. The van der Waals surface area contributed by atoms with Crippen molar-refractivity contribution in [3.63, 3.8) is 0 Å². The SMILES string of the molecule is CNCc1cc2cc(OC)c(Cl)cc2n1C. The molecular weight excluding hydrogens is 224 g/mol. The molecule has 2 aromatic rings. The second-order valence-corrected chi connectivity index (χ2v) is 4.18. The third kappa shape index (κ3) is 1.77. The maximum atomic E-state index is 6.11. The van der Waals surface area contributed by atoms with Gasteiger partial charge in [-0.3, -0.25) is 0 Å². The fourth-order valence-electron chi connectivity index (χ4n) is 1.90. The van der Waals surface area contributed by atoms with Crippen LogP contribution in [0.4, 0.5) is 0 Å². The number of ether oxygens (including phenoxy) is 1. The molecule has 0 bridgehead atoms. The van der Waals surface area contributed by atoms with Crippen molar-refractivity contribution in [2.75, 3.05) is 14.2 Å². The highest BCUT2D eigenvalue weighted by Gasteiger charge is 2.09. The van der Waals surface area contributed by atoms with Gasteiger partial charge in [-0.05, 0) is 25.2 Å². The van der Waals surface area contributed by atoms with Gasteiger partial charge in [0.15, 0.2) is 0 Å². The van der Waals surface area contributed by atoms with E-state index in [9.17, 15) is 0 Å². The molecule has 86 valence electrons. The molecule has 0 saturated heterocycles. The Morgan fingerprint density at radius 3 is 2.75 bits per heavy atom. The van der Waals surface area contributed by atoms with Crippen LogP contribution < -0.4 is 10.1 Å². The fraction of sp³-hybridized carbons (Fsp3) is 0.333. The van der Waals surface area contributed by atoms with E-state index in [1.54, 1.807) is 7.11 Å². The average Bonchev–Trinajstić information content (AvgIpc) is 2.56. The number of methoxy groups -OCH3 is 1. The molecule has 0 amide bonds. The van der Waals surface area contributed by atoms with Gasteiger partial charge in [0.25, 0.3) is 0 Å². The van der Waals surface area contributed by atoms with Gasteiger partial charge in [0, 0.05) is 30.2 Å². The highest BCUT2D eigenvalue weighted by atomic mass is 35.5. The molecule has 1 aromatic heterocycles. The molecule has 0 unspecified atom stereocenters. The zero-order chi connectivity index (χ0) is 11.7. The Morgan fingerprint density at radius 2 is 2.12 bits per heavy atom. The average molecular weight is 239 g/mol. The van der Waals surface area contributed by atoms with Gasteiger partial charge in [0.05, 0.1) is 12.1 Å². The van der Waals surface area contributed by atoms with Gasteiger partial charge in [-0.2, -0.15) is 0 Å². The van der Waals surface area contributed by atoms with Crippen LogP contribution in [0.15, 0.2) is 18.2 Å². The summed E-state index contributed by atoms with van der Waals surface area (Å²) in [5, 5.41) is 4.94. The van der Waals surface area contributed by atoms with Crippen molar-refractivity contribution < 1.29 is 4.74 Å². The summed E-state index contributed by atoms with van der Waals surface area (Å²) in [7, 11) is 5.60. The van der Waals surface area contributed by atoms with Gasteiger partial charge in [-0.1, -0.05) is 11.6 Å². The number of fused-ring (bicyclic) bond motifs is 1. The monoisotopic (exact) mass is 238 g/mol. The molecule has 0 aliphatic rings. The lowest BCUT2D eigenvalue weighted by Crippen LogP contribution is -2.08. The van der Waals surface area contributed by atoms with Crippen LogP contribution in [-0.4, -0.2) is 18.7 Å². The second kappa shape index (κ2) is 4.36. The molecule has 0 aliphatic carbocycles. The number of nitrogens with zero attached hydrogens (tertiary/aromatic N) is 1. The zero-order valence-corrected chi connectivity index (χ0v) is 10.4. The van der Waals surface area contributed by atoms with E-state index >= 15 is 0 Å². The topological polar surface area (TPSA) is 26.2 Å². The second-order valence-electron chi connectivity index (χ2n) is 3.77. The van der Waals surface area contributed by atoms with Crippen molar-refractivity contribution >= 4 is 22.5 Å².